The lowest BCUT2D eigenvalue weighted by molar-refractivity contribution is -0.141. The number of phenolic OH excluding ortho intramolecular Hbond substituents is 1. The van der Waals surface area contributed by atoms with E-state index < -0.39 is 54.3 Å². The molecule has 3 unspecified atom stereocenters. The van der Waals surface area contributed by atoms with Gasteiger partial charge in [0, 0.05) is 19.3 Å². The van der Waals surface area contributed by atoms with Crippen LogP contribution in [0.25, 0.3) is 0 Å². The lowest BCUT2D eigenvalue weighted by Crippen LogP contribution is -2.54. The highest BCUT2D eigenvalue weighted by molar-refractivity contribution is 5.93. The van der Waals surface area contributed by atoms with Gasteiger partial charge in [0.1, 0.15) is 17.8 Å². The lowest BCUT2D eigenvalue weighted by Gasteiger charge is -2.21. The average Bonchev–Trinajstić information content (AvgIpc) is 2.86. The van der Waals surface area contributed by atoms with Crippen molar-refractivity contribution in [2.75, 3.05) is 6.54 Å². The van der Waals surface area contributed by atoms with Gasteiger partial charge in [0.2, 0.25) is 17.7 Å². The number of nitrogens with one attached hydrogen (secondary N) is 3. The van der Waals surface area contributed by atoms with Crippen LogP contribution in [-0.2, 0) is 36.8 Å². The first-order valence-electron chi connectivity index (χ1n) is 11.4. The summed E-state index contributed by atoms with van der Waals surface area (Å²) in [5.74, 6) is -4.56. The maximum absolute atomic E-state index is 12.8. The summed E-state index contributed by atoms with van der Waals surface area (Å²) in [5.41, 5.74) is 7.03. The van der Waals surface area contributed by atoms with Gasteiger partial charge in [0.25, 0.3) is 0 Å². The Morgan fingerprint density at radius 1 is 0.784 bits per heavy atom. The van der Waals surface area contributed by atoms with E-state index in [0.717, 1.165) is 0 Å². The second-order valence-electron chi connectivity index (χ2n) is 8.34. The predicted molar refractivity (Wildman–Crippen MR) is 131 cm³/mol. The van der Waals surface area contributed by atoms with E-state index in [-0.39, 0.29) is 31.4 Å². The number of phenols is 1. The number of carboxylic acids is 2. The van der Waals surface area contributed by atoms with Crippen LogP contribution in [0.4, 0.5) is 0 Å². The third-order valence-electron chi connectivity index (χ3n) is 5.35. The molecule has 0 fully saturated rings. The Hall–Kier alpha value is -4.45. The number of nitrogens with two attached hydrogens (primary N) is 1. The van der Waals surface area contributed by atoms with Crippen LogP contribution in [0, 0.1) is 0 Å². The molecule has 2 aromatic carbocycles. The Morgan fingerprint density at radius 2 is 1.38 bits per heavy atom. The molecule has 12 heteroatoms. The van der Waals surface area contributed by atoms with Crippen LogP contribution in [0.3, 0.4) is 0 Å². The molecular formula is C25H30N4O8. The highest BCUT2D eigenvalue weighted by Gasteiger charge is 2.26. The average molecular weight is 515 g/mol. The number of hydrogen-bond acceptors (Lipinski definition) is 7. The third-order valence-corrected chi connectivity index (χ3v) is 5.35. The highest BCUT2D eigenvalue weighted by atomic mass is 16.4. The van der Waals surface area contributed by atoms with Crippen molar-refractivity contribution in [3.63, 3.8) is 0 Å². The first-order valence-corrected chi connectivity index (χ1v) is 11.4. The normalized spacial score (nSPS) is 13.0. The SMILES string of the molecule is NC(CCC(=O)O)C(=O)NC(Cc1ccccc1)C(=O)NCC(=O)NC(Cc1ccc(O)cc1)C(=O)O. The molecule has 2 aromatic rings. The zero-order valence-electron chi connectivity index (χ0n) is 19.9. The van der Waals surface area contributed by atoms with Crippen LogP contribution < -0.4 is 21.7 Å². The monoisotopic (exact) mass is 514 g/mol. The molecule has 12 nitrogen and oxygen atoms in total. The molecule has 0 radical (unpaired) electrons. The Balaban J connectivity index is 1.99. The van der Waals surface area contributed by atoms with Crippen molar-refractivity contribution in [2.24, 2.45) is 5.73 Å². The summed E-state index contributed by atoms with van der Waals surface area (Å²) in [7, 11) is 0. The van der Waals surface area contributed by atoms with E-state index in [1.807, 2.05) is 0 Å². The van der Waals surface area contributed by atoms with Crippen LogP contribution in [0.5, 0.6) is 5.75 Å². The molecule has 0 spiro atoms. The fraction of sp³-hybridized carbons (Fsp3) is 0.320. The molecule has 0 saturated carbocycles. The number of amides is 3. The molecule has 198 valence electrons. The van der Waals surface area contributed by atoms with Gasteiger partial charge in [-0.25, -0.2) is 4.79 Å². The largest absolute Gasteiger partial charge is 0.508 e. The van der Waals surface area contributed by atoms with Gasteiger partial charge in [-0.15, -0.1) is 0 Å². The van der Waals surface area contributed by atoms with E-state index in [9.17, 15) is 34.2 Å². The van der Waals surface area contributed by atoms with Crippen molar-refractivity contribution in [3.05, 3.63) is 65.7 Å². The topological polar surface area (TPSA) is 208 Å². The minimum absolute atomic E-state index is 0.0161. The minimum atomic E-state index is -1.28. The number of carbonyl (C=O) groups excluding carboxylic acids is 3. The Bertz CT molecular complexity index is 1090. The number of aromatic hydroxyl groups is 1. The van der Waals surface area contributed by atoms with Gasteiger partial charge in [-0.1, -0.05) is 42.5 Å². The van der Waals surface area contributed by atoms with Crippen molar-refractivity contribution in [3.8, 4) is 5.75 Å². The Morgan fingerprint density at radius 3 is 1.97 bits per heavy atom. The zero-order valence-corrected chi connectivity index (χ0v) is 19.9. The number of benzene rings is 2. The first-order chi connectivity index (χ1) is 17.5. The molecule has 8 N–H and O–H groups in total. The number of carbonyl (C=O) groups is 5. The second kappa shape index (κ2) is 14.2. The Kier molecular flexibility index (Phi) is 11.0. The van der Waals surface area contributed by atoms with Gasteiger partial charge < -0.3 is 37.0 Å². The molecule has 0 saturated heterocycles. The summed E-state index contributed by atoms with van der Waals surface area (Å²) < 4.78 is 0. The second-order valence-corrected chi connectivity index (χ2v) is 8.34. The fourth-order valence-corrected chi connectivity index (χ4v) is 3.35. The van der Waals surface area contributed by atoms with E-state index in [2.05, 4.69) is 16.0 Å². The molecular weight excluding hydrogens is 484 g/mol. The zero-order chi connectivity index (χ0) is 27.4. The Labute approximate surface area is 212 Å². The van der Waals surface area contributed by atoms with Gasteiger partial charge in [-0.05, 0) is 29.7 Å². The van der Waals surface area contributed by atoms with Crippen molar-refractivity contribution in [1.29, 1.82) is 0 Å². The summed E-state index contributed by atoms with van der Waals surface area (Å²) >= 11 is 0. The highest BCUT2D eigenvalue weighted by Crippen LogP contribution is 2.11. The smallest absolute Gasteiger partial charge is 0.326 e. The standard InChI is InChI=1S/C25H30N4O8/c26-18(10-11-22(32)33)23(34)29-19(12-15-4-2-1-3-5-15)24(35)27-14-21(31)28-20(25(36)37)13-16-6-8-17(30)9-7-16/h1-9,18-20,30H,10-14,26H2,(H,27,35)(H,28,31)(H,29,34)(H,32,33)(H,36,37). The predicted octanol–water partition coefficient (Wildman–Crippen LogP) is -0.460. The minimum Gasteiger partial charge on any atom is -0.508 e. The van der Waals surface area contributed by atoms with Crippen LogP contribution in [0.15, 0.2) is 54.6 Å². The molecule has 0 bridgehead atoms. The van der Waals surface area contributed by atoms with E-state index in [4.69, 9.17) is 10.8 Å². The van der Waals surface area contributed by atoms with Crippen molar-refractivity contribution in [1.82, 2.24) is 16.0 Å². The summed E-state index contributed by atoms with van der Waals surface area (Å²) in [6, 6.07) is 11.0. The summed E-state index contributed by atoms with van der Waals surface area (Å²) in [6.45, 7) is -0.551. The molecule has 0 aliphatic rings. The molecule has 3 atom stereocenters. The number of carboxylic acid groups (broad SMARTS) is 2. The van der Waals surface area contributed by atoms with Crippen molar-refractivity contribution < 1.29 is 39.3 Å². The van der Waals surface area contributed by atoms with Gasteiger partial charge >= 0.3 is 11.9 Å². The van der Waals surface area contributed by atoms with Crippen LogP contribution >= 0.6 is 0 Å². The summed E-state index contributed by atoms with van der Waals surface area (Å²) in [5, 5.41) is 34.8. The van der Waals surface area contributed by atoms with Crippen LogP contribution in [0.2, 0.25) is 0 Å². The third kappa shape index (κ3) is 10.4. The first kappa shape index (κ1) is 28.8. The molecule has 37 heavy (non-hydrogen) atoms. The quantitative estimate of drug-likeness (QED) is 0.174. The molecule has 0 aliphatic heterocycles. The summed E-state index contributed by atoms with van der Waals surface area (Å²) in [4.78, 5) is 60.0. The van der Waals surface area contributed by atoms with E-state index in [1.54, 1.807) is 30.3 Å². The fourth-order valence-electron chi connectivity index (χ4n) is 3.35. The van der Waals surface area contributed by atoms with E-state index in [0.29, 0.717) is 11.1 Å². The lowest BCUT2D eigenvalue weighted by atomic mass is 10.0. The van der Waals surface area contributed by atoms with Gasteiger partial charge in [0.15, 0.2) is 0 Å². The molecule has 2 rings (SSSR count). The summed E-state index contributed by atoms with van der Waals surface area (Å²) in [6.07, 6.45) is -0.416. The number of rotatable bonds is 14. The van der Waals surface area contributed by atoms with Gasteiger partial charge in [-0.3, -0.25) is 19.2 Å². The molecule has 0 aromatic heterocycles. The number of hydrogen-bond donors (Lipinski definition) is 7. The van der Waals surface area contributed by atoms with Crippen molar-refractivity contribution in [2.45, 2.75) is 43.8 Å². The maximum atomic E-state index is 12.8. The van der Waals surface area contributed by atoms with Gasteiger partial charge in [-0.2, -0.15) is 0 Å². The molecule has 0 heterocycles. The van der Waals surface area contributed by atoms with E-state index in [1.165, 1.54) is 24.3 Å². The van der Waals surface area contributed by atoms with Crippen LogP contribution in [0.1, 0.15) is 24.0 Å². The molecule has 3 amide bonds. The van der Waals surface area contributed by atoms with Gasteiger partial charge in [0.05, 0.1) is 12.6 Å². The molecule has 0 aliphatic carbocycles. The van der Waals surface area contributed by atoms with E-state index >= 15 is 0 Å². The number of aliphatic carboxylic acids is 2. The van der Waals surface area contributed by atoms with Crippen molar-refractivity contribution >= 4 is 29.7 Å². The maximum Gasteiger partial charge on any atom is 0.326 e. The van der Waals surface area contributed by atoms with Crippen LogP contribution in [-0.4, -0.2) is 69.7 Å².